The van der Waals surface area contributed by atoms with Crippen LogP contribution in [-0.2, 0) is 4.79 Å². The highest BCUT2D eigenvalue weighted by molar-refractivity contribution is 5.89. The highest BCUT2D eigenvalue weighted by Gasteiger charge is 1.89. The fourth-order valence-corrected chi connectivity index (χ4v) is 1.66. The van der Waals surface area contributed by atoms with Crippen molar-refractivity contribution in [3.8, 4) is 0 Å². The first-order valence-electron chi connectivity index (χ1n) is 9.13. The smallest absolute Gasteiger partial charge is 0.155 e. The molecule has 0 amide bonds. The molecule has 0 fully saturated rings. The summed E-state index contributed by atoms with van der Waals surface area (Å²) < 4.78 is 0. The van der Waals surface area contributed by atoms with Gasteiger partial charge in [0.15, 0.2) is 5.78 Å². The number of allylic oxidation sites excluding steroid dienone is 21. The first-order valence-corrected chi connectivity index (χ1v) is 9.13. The van der Waals surface area contributed by atoms with E-state index in [0.29, 0.717) is 6.42 Å². The fourth-order valence-electron chi connectivity index (χ4n) is 1.66. The molecule has 140 valence electrons. The van der Waals surface area contributed by atoms with Crippen LogP contribution in [-0.4, -0.2) is 5.78 Å². The Balaban J connectivity index is 3.96. The number of carbonyl (C=O) groups is 1. The van der Waals surface area contributed by atoms with Crippen molar-refractivity contribution in [2.45, 2.75) is 19.8 Å². The van der Waals surface area contributed by atoms with Crippen LogP contribution in [0.2, 0.25) is 0 Å². The van der Waals surface area contributed by atoms with Crippen molar-refractivity contribution in [2.75, 3.05) is 0 Å². The zero-order chi connectivity index (χ0) is 19.8. The van der Waals surface area contributed by atoms with Crippen LogP contribution in [0.4, 0.5) is 0 Å². The third kappa shape index (κ3) is 20.8. The second-order valence-corrected chi connectivity index (χ2v) is 5.28. The van der Waals surface area contributed by atoms with Crippen LogP contribution in [0.5, 0.6) is 0 Å². The van der Waals surface area contributed by atoms with Crippen LogP contribution >= 0.6 is 0 Å². The lowest BCUT2D eigenvalue weighted by Crippen LogP contribution is -1.88. The summed E-state index contributed by atoms with van der Waals surface area (Å²) in [5.41, 5.74) is 0. The van der Waals surface area contributed by atoms with E-state index in [1.165, 1.54) is 0 Å². The molecule has 0 saturated heterocycles. The predicted molar refractivity (Wildman–Crippen MR) is 122 cm³/mol. The zero-order valence-electron chi connectivity index (χ0n) is 16.2. The molecular weight excluding hydrogens is 328 g/mol. The van der Waals surface area contributed by atoms with Crippen molar-refractivity contribution in [2.24, 2.45) is 0 Å². The largest absolute Gasteiger partial charge is 0.295 e. The van der Waals surface area contributed by atoms with E-state index in [1.807, 2.05) is 116 Å². The molecule has 0 spiro atoms. The molecule has 0 saturated carbocycles. The standard InChI is InChI=1S/C26H30O/c1-3-5-6-7-8-9-10-11-12-13-14-15-16-17-18-19-20-21-22-23-25-26(27)24-4-2/h3,5-23,25H,1,4,24H2,2H3. The Kier molecular flexibility index (Phi) is 18.4. The molecule has 0 bridgehead atoms. The molecule has 0 rings (SSSR count). The van der Waals surface area contributed by atoms with Crippen LogP contribution in [0, 0.1) is 0 Å². The SMILES string of the molecule is C=CC=CC=CC=CC=CC=CC=CC=CC=CC=CC=CC(=O)CCC. The summed E-state index contributed by atoms with van der Waals surface area (Å²) in [6.07, 6.45) is 41.6. The molecular formula is C26H30O. The van der Waals surface area contributed by atoms with Crippen LogP contribution < -0.4 is 0 Å². The second kappa shape index (κ2) is 20.9. The zero-order valence-corrected chi connectivity index (χ0v) is 16.2. The van der Waals surface area contributed by atoms with Gasteiger partial charge in [0.1, 0.15) is 0 Å². The van der Waals surface area contributed by atoms with Gasteiger partial charge in [-0.25, -0.2) is 0 Å². The van der Waals surface area contributed by atoms with Gasteiger partial charge in [0, 0.05) is 6.42 Å². The third-order valence-corrected chi connectivity index (χ3v) is 2.91. The van der Waals surface area contributed by atoms with Gasteiger partial charge in [0.25, 0.3) is 0 Å². The Morgan fingerprint density at radius 2 is 0.852 bits per heavy atom. The summed E-state index contributed by atoms with van der Waals surface area (Å²) in [6, 6.07) is 0. The topological polar surface area (TPSA) is 17.1 Å². The van der Waals surface area contributed by atoms with E-state index in [4.69, 9.17) is 0 Å². The second-order valence-electron chi connectivity index (χ2n) is 5.28. The van der Waals surface area contributed by atoms with Gasteiger partial charge in [-0.05, 0) is 12.5 Å². The molecule has 1 heteroatoms. The number of rotatable bonds is 13. The maximum Gasteiger partial charge on any atom is 0.155 e. The van der Waals surface area contributed by atoms with Crippen LogP contribution in [0.3, 0.4) is 0 Å². The molecule has 0 aromatic rings. The Labute approximate surface area is 164 Å². The van der Waals surface area contributed by atoms with Crippen LogP contribution in [0.15, 0.2) is 134 Å². The maximum atomic E-state index is 11.3. The van der Waals surface area contributed by atoms with E-state index in [2.05, 4.69) is 6.58 Å². The van der Waals surface area contributed by atoms with Gasteiger partial charge in [-0.2, -0.15) is 0 Å². The maximum absolute atomic E-state index is 11.3. The number of carbonyl (C=O) groups excluding carboxylic acids is 1. The molecule has 0 N–H and O–H groups in total. The lowest BCUT2D eigenvalue weighted by Gasteiger charge is -1.85. The average molecular weight is 359 g/mol. The van der Waals surface area contributed by atoms with Crippen molar-refractivity contribution in [1.29, 1.82) is 0 Å². The lowest BCUT2D eigenvalue weighted by molar-refractivity contribution is -0.114. The molecule has 0 aromatic carbocycles. The highest BCUT2D eigenvalue weighted by atomic mass is 16.1. The van der Waals surface area contributed by atoms with E-state index in [9.17, 15) is 4.79 Å². The van der Waals surface area contributed by atoms with Gasteiger partial charge >= 0.3 is 0 Å². The highest BCUT2D eigenvalue weighted by Crippen LogP contribution is 1.91. The quantitative estimate of drug-likeness (QED) is 0.253. The van der Waals surface area contributed by atoms with E-state index >= 15 is 0 Å². The molecule has 0 aliphatic carbocycles. The number of hydrogen-bond donors (Lipinski definition) is 0. The summed E-state index contributed by atoms with van der Waals surface area (Å²) in [4.78, 5) is 11.3. The van der Waals surface area contributed by atoms with Crippen LogP contribution in [0.1, 0.15) is 19.8 Å². The monoisotopic (exact) mass is 358 g/mol. The van der Waals surface area contributed by atoms with Crippen molar-refractivity contribution >= 4 is 5.78 Å². The van der Waals surface area contributed by atoms with E-state index < -0.39 is 0 Å². The van der Waals surface area contributed by atoms with Crippen molar-refractivity contribution in [3.05, 3.63) is 134 Å². The predicted octanol–water partition coefficient (Wildman–Crippen LogP) is 7.10. The van der Waals surface area contributed by atoms with Gasteiger partial charge in [0.05, 0.1) is 0 Å². The minimum Gasteiger partial charge on any atom is -0.295 e. The lowest BCUT2D eigenvalue weighted by atomic mass is 10.2. The molecule has 0 aromatic heterocycles. The Morgan fingerprint density at radius 1 is 0.556 bits per heavy atom. The van der Waals surface area contributed by atoms with Crippen LogP contribution in [0.25, 0.3) is 0 Å². The number of ketones is 1. The summed E-state index contributed by atoms with van der Waals surface area (Å²) in [5.74, 6) is 0.170. The van der Waals surface area contributed by atoms with Crippen molar-refractivity contribution in [3.63, 3.8) is 0 Å². The Morgan fingerprint density at radius 3 is 1.15 bits per heavy atom. The summed E-state index contributed by atoms with van der Waals surface area (Å²) >= 11 is 0. The summed E-state index contributed by atoms with van der Waals surface area (Å²) in [7, 11) is 0. The van der Waals surface area contributed by atoms with Gasteiger partial charge in [0.2, 0.25) is 0 Å². The van der Waals surface area contributed by atoms with E-state index in [1.54, 1.807) is 18.2 Å². The molecule has 1 nitrogen and oxygen atoms in total. The molecule has 0 atom stereocenters. The van der Waals surface area contributed by atoms with Gasteiger partial charge in [-0.15, -0.1) is 0 Å². The molecule has 0 heterocycles. The number of hydrogen-bond acceptors (Lipinski definition) is 1. The van der Waals surface area contributed by atoms with E-state index in [0.717, 1.165) is 6.42 Å². The van der Waals surface area contributed by atoms with Gasteiger partial charge in [-0.3, -0.25) is 4.79 Å². The van der Waals surface area contributed by atoms with Crippen molar-refractivity contribution in [1.82, 2.24) is 0 Å². The molecule has 0 aliphatic heterocycles. The van der Waals surface area contributed by atoms with Gasteiger partial charge in [-0.1, -0.05) is 135 Å². The Bertz CT molecular complexity index is 684. The molecule has 0 unspecified atom stereocenters. The molecule has 27 heavy (non-hydrogen) atoms. The Hall–Kier alpha value is -3.19. The molecule has 0 radical (unpaired) electrons. The first-order chi connectivity index (χ1) is 13.3. The van der Waals surface area contributed by atoms with Crippen molar-refractivity contribution < 1.29 is 4.79 Å². The minimum atomic E-state index is 0.170. The van der Waals surface area contributed by atoms with E-state index in [-0.39, 0.29) is 5.78 Å². The normalized spacial score (nSPS) is 14.0. The summed E-state index contributed by atoms with van der Waals surface area (Å²) in [6.45, 7) is 5.60. The third-order valence-electron chi connectivity index (χ3n) is 2.91. The average Bonchev–Trinajstić information content (AvgIpc) is 2.66. The minimum absolute atomic E-state index is 0.170. The summed E-state index contributed by atoms with van der Waals surface area (Å²) in [5, 5.41) is 0. The van der Waals surface area contributed by atoms with Gasteiger partial charge < -0.3 is 0 Å². The fraction of sp³-hybridized carbons (Fsp3) is 0.115. The molecule has 0 aliphatic rings. The first kappa shape index (κ1) is 23.8.